The first-order chi connectivity index (χ1) is 10.1. The van der Waals surface area contributed by atoms with Gasteiger partial charge < -0.3 is 9.73 Å². The number of unbranched alkanes of at least 4 members (excludes halogenated alkanes) is 3. The number of non-ortho nitro benzene ring substituents is 1. The summed E-state index contributed by atoms with van der Waals surface area (Å²) in [6.07, 6.45) is 5.96. The molecule has 6 nitrogen and oxygen atoms in total. The lowest BCUT2D eigenvalue weighted by Gasteiger charge is -2.11. The first kappa shape index (κ1) is 15.3. The summed E-state index contributed by atoms with van der Waals surface area (Å²) in [4.78, 5) is 14.6. The van der Waals surface area contributed by atoms with Crippen LogP contribution in [-0.4, -0.2) is 15.9 Å². The molecule has 0 saturated heterocycles. The van der Waals surface area contributed by atoms with Crippen LogP contribution in [0.15, 0.2) is 22.6 Å². The number of rotatable bonds is 8. The molecule has 1 aromatic heterocycles. The fraction of sp³-hybridized carbons (Fsp3) is 0.533. The van der Waals surface area contributed by atoms with Crippen molar-refractivity contribution in [2.75, 3.05) is 5.32 Å². The van der Waals surface area contributed by atoms with Crippen LogP contribution in [-0.2, 0) is 0 Å². The molecule has 0 aliphatic heterocycles. The molecule has 1 heterocycles. The van der Waals surface area contributed by atoms with Gasteiger partial charge >= 0.3 is 0 Å². The maximum atomic E-state index is 10.7. The summed E-state index contributed by atoms with van der Waals surface area (Å²) >= 11 is 0. The minimum absolute atomic E-state index is 0.0119. The summed E-state index contributed by atoms with van der Waals surface area (Å²) in [6, 6.07) is 5.13. The average Bonchev–Trinajstić information content (AvgIpc) is 2.84. The SMILES string of the molecule is CCCCCCC(C)Nc1nc2ccc([N+](=O)[O-])cc2o1. The third-order valence-corrected chi connectivity index (χ3v) is 3.44. The van der Waals surface area contributed by atoms with Gasteiger partial charge in [0.25, 0.3) is 11.7 Å². The van der Waals surface area contributed by atoms with Crippen molar-refractivity contribution < 1.29 is 9.34 Å². The third-order valence-electron chi connectivity index (χ3n) is 3.44. The van der Waals surface area contributed by atoms with E-state index in [1.807, 2.05) is 0 Å². The monoisotopic (exact) mass is 291 g/mol. The molecule has 0 radical (unpaired) electrons. The summed E-state index contributed by atoms with van der Waals surface area (Å²) in [5.74, 6) is 0. The highest BCUT2D eigenvalue weighted by molar-refractivity contribution is 5.77. The highest BCUT2D eigenvalue weighted by atomic mass is 16.6. The lowest BCUT2D eigenvalue weighted by atomic mass is 10.1. The molecule has 1 unspecified atom stereocenters. The van der Waals surface area contributed by atoms with E-state index < -0.39 is 4.92 Å². The first-order valence-electron chi connectivity index (χ1n) is 7.41. The van der Waals surface area contributed by atoms with Crippen molar-refractivity contribution in [2.24, 2.45) is 0 Å². The van der Waals surface area contributed by atoms with Gasteiger partial charge in [-0.15, -0.1) is 0 Å². The van der Waals surface area contributed by atoms with Crippen molar-refractivity contribution in [3.8, 4) is 0 Å². The molecule has 114 valence electrons. The molecule has 0 bridgehead atoms. The maximum Gasteiger partial charge on any atom is 0.295 e. The van der Waals surface area contributed by atoms with Gasteiger partial charge in [0.1, 0.15) is 5.52 Å². The van der Waals surface area contributed by atoms with Gasteiger partial charge in [-0.25, -0.2) is 0 Å². The number of nitrogens with one attached hydrogen (secondary N) is 1. The van der Waals surface area contributed by atoms with Crippen LogP contribution in [0.5, 0.6) is 0 Å². The number of benzene rings is 1. The van der Waals surface area contributed by atoms with E-state index in [0.717, 1.165) is 6.42 Å². The van der Waals surface area contributed by atoms with Gasteiger partial charge in [0.05, 0.1) is 11.0 Å². The highest BCUT2D eigenvalue weighted by Gasteiger charge is 2.12. The molecule has 0 aliphatic rings. The second-order valence-corrected chi connectivity index (χ2v) is 5.32. The molecule has 1 N–H and O–H groups in total. The second-order valence-electron chi connectivity index (χ2n) is 5.32. The molecule has 0 aliphatic carbocycles. The fourth-order valence-corrected chi connectivity index (χ4v) is 2.25. The van der Waals surface area contributed by atoms with Crippen molar-refractivity contribution >= 4 is 22.8 Å². The number of hydrogen-bond donors (Lipinski definition) is 1. The smallest absolute Gasteiger partial charge is 0.295 e. The Morgan fingerprint density at radius 1 is 1.38 bits per heavy atom. The van der Waals surface area contributed by atoms with E-state index in [1.165, 1.54) is 37.8 Å². The zero-order valence-electron chi connectivity index (χ0n) is 12.5. The van der Waals surface area contributed by atoms with E-state index in [0.29, 0.717) is 17.1 Å². The summed E-state index contributed by atoms with van der Waals surface area (Å²) in [5, 5.41) is 13.9. The average molecular weight is 291 g/mol. The van der Waals surface area contributed by atoms with E-state index in [-0.39, 0.29) is 11.7 Å². The van der Waals surface area contributed by atoms with Gasteiger partial charge in [0, 0.05) is 12.1 Å². The third kappa shape index (κ3) is 4.18. The van der Waals surface area contributed by atoms with Crippen LogP contribution in [0.4, 0.5) is 11.7 Å². The number of nitro groups is 1. The van der Waals surface area contributed by atoms with Crippen molar-refractivity contribution in [3.63, 3.8) is 0 Å². The molecule has 21 heavy (non-hydrogen) atoms. The van der Waals surface area contributed by atoms with Gasteiger partial charge in [0.2, 0.25) is 0 Å². The van der Waals surface area contributed by atoms with E-state index in [9.17, 15) is 10.1 Å². The van der Waals surface area contributed by atoms with Crippen LogP contribution in [0, 0.1) is 10.1 Å². The quantitative estimate of drug-likeness (QED) is 0.439. The lowest BCUT2D eigenvalue weighted by Crippen LogP contribution is -2.14. The van der Waals surface area contributed by atoms with E-state index in [2.05, 4.69) is 24.1 Å². The van der Waals surface area contributed by atoms with Crippen LogP contribution < -0.4 is 5.32 Å². The standard InChI is InChI=1S/C15H21N3O3/c1-3-4-5-6-7-11(2)16-15-17-13-9-8-12(18(19)20)10-14(13)21-15/h8-11H,3-7H2,1-2H3,(H,16,17). The Kier molecular flexibility index (Phi) is 5.14. The van der Waals surface area contributed by atoms with Crippen LogP contribution in [0.2, 0.25) is 0 Å². The zero-order chi connectivity index (χ0) is 15.2. The Bertz CT molecular complexity index is 609. The van der Waals surface area contributed by atoms with E-state index in [4.69, 9.17) is 4.42 Å². The molecular formula is C15H21N3O3. The molecule has 1 aromatic carbocycles. The summed E-state index contributed by atoms with van der Waals surface area (Å²) in [5.41, 5.74) is 1.07. The Hall–Kier alpha value is -2.11. The first-order valence-corrected chi connectivity index (χ1v) is 7.41. The molecule has 6 heteroatoms. The molecule has 0 saturated carbocycles. The molecule has 1 atom stereocenters. The van der Waals surface area contributed by atoms with Gasteiger partial charge in [-0.3, -0.25) is 10.1 Å². The Morgan fingerprint density at radius 2 is 2.19 bits per heavy atom. The van der Waals surface area contributed by atoms with Gasteiger partial charge in [-0.05, 0) is 19.4 Å². The van der Waals surface area contributed by atoms with Gasteiger partial charge in [-0.2, -0.15) is 4.98 Å². The minimum atomic E-state index is -0.439. The Morgan fingerprint density at radius 3 is 2.90 bits per heavy atom. The fourth-order valence-electron chi connectivity index (χ4n) is 2.25. The summed E-state index contributed by atoms with van der Waals surface area (Å²) < 4.78 is 5.53. The van der Waals surface area contributed by atoms with E-state index in [1.54, 1.807) is 6.07 Å². The lowest BCUT2D eigenvalue weighted by molar-refractivity contribution is -0.384. The van der Waals surface area contributed by atoms with Crippen molar-refractivity contribution in [1.29, 1.82) is 0 Å². The van der Waals surface area contributed by atoms with Crippen LogP contribution in [0.1, 0.15) is 46.0 Å². The minimum Gasteiger partial charge on any atom is -0.423 e. The number of aromatic nitrogens is 1. The predicted molar refractivity (Wildman–Crippen MR) is 82.5 cm³/mol. The predicted octanol–water partition coefficient (Wildman–Crippen LogP) is 4.51. The maximum absolute atomic E-state index is 10.7. The number of nitro benzene ring substituents is 1. The Balaban J connectivity index is 1.97. The van der Waals surface area contributed by atoms with Crippen LogP contribution in [0.3, 0.4) is 0 Å². The highest BCUT2D eigenvalue weighted by Crippen LogP contribution is 2.24. The second kappa shape index (κ2) is 7.06. The molecule has 0 fully saturated rings. The van der Waals surface area contributed by atoms with Crippen molar-refractivity contribution in [3.05, 3.63) is 28.3 Å². The molecular weight excluding hydrogens is 270 g/mol. The van der Waals surface area contributed by atoms with Crippen molar-refractivity contribution in [2.45, 2.75) is 52.0 Å². The molecule has 2 rings (SSSR count). The van der Waals surface area contributed by atoms with E-state index >= 15 is 0 Å². The number of fused-ring (bicyclic) bond motifs is 1. The number of oxazole rings is 1. The van der Waals surface area contributed by atoms with Crippen molar-refractivity contribution in [1.82, 2.24) is 4.98 Å². The summed E-state index contributed by atoms with van der Waals surface area (Å²) in [7, 11) is 0. The Labute approximate surface area is 123 Å². The largest absolute Gasteiger partial charge is 0.423 e. The van der Waals surface area contributed by atoms with Crippen LogP contribution >= 0.6 is 0 Å². The van der Waals surface area contributed by atoms with Crippen LogP contribution in [0.25, 0.3) is 11.1 Å². The summed E-state index contributed by atoms with van der Waals surface area (Å²) in [6.45, 7) is 4.28. The topological polar surface area (TPSA) is 81.2 Å². The normalized spacial score (nSPS) is 12.5. The molecule has 2 aromatic rings. The molecule has 0 spiro atoms. The number of hydrogen-bond acceptors (Lipinski definition) is 5. The van der Waals surface area contributed by atoms with Gasteiger partial charge in [0.15, 0.2) is 5.58 Å². The zero-order valence-corrected chi connectivity index (χ0v) is 12.5. The number of nitrogens with zero attached hydrogens (tertiary/aromatic N) is 2. The molecule has 0 amide bonds. The number of anilines is 1. The van der Waals surface area contributed by atoms with Gasteiger partial charge in [-0.1, -0.05) is 32.6 Å².